The summed E-state index contributed by atoms with van der Waals surface area (Å²) < 4.78 is 1.86. The molecule has 0 aliphatic rings. The third-order valence-corrected chi connectivity index (χ3v) is 2.44. The van der Waals surface area contributed by atoms with Crippen molar-refractivity contribution in [1.29, 1.82) is 0 Å². The molecule has 2 heterocycles. The number of nitrogens with zero attached hydrogens (tertiary/aromatic N) is 2. The SMILES string of the molecule is CCC(NN)c1cnn2ccccc12. The fourth-order valence-electron chi connectivity index (χ4n) is 1.65. The molecule has 4 nitrogen and oxygen atoms in total. The Morgan fingerprint density at radius 1 is 1.57 bits per heavy atom. The maximum absolute atomic E-state index is 5.48. The van der Waals surface area contributed by atoms with E-state index in [0.29, 0.717) is 0 Å². The zero-order valence-electron chi connectivity index (χ0n) is 8.14. The van der Waals surface area contributed by atoms with Gasteiger partial charge in [-0.05, 0) is 18.6 Å². The minimum absolute atomic E-state index is 0.176. The van der Waals surface area contributed by atoms with Gasteiger partial charge in [0.15, 0.2) is 0 Å². The van der Waals surface area contributed by atoms with Gasteiger partial charge in [0.05, 0.1) is 11.7 Å². The zero-order chi connectivity index (χ0) is 9.97. The third-order valence-electron chi connectivity index (χ3n) is 2.44. The van der Waals surface area contributed by atoms with Crippen LogP contribution in [0.2, 0.25) is 0 Å². The van der Waals surface area contributed by atoms with E-state index in [1.165, 1.54) is 0 Å². The lowest BCUT2D eigenvalue weighted by Gasteiger charge is -2.11. The predicted octanol–water partition coefficient (Wildman–Crippen LogP) is 1.25. The maximum atomic E-state index is 5.48. The van der Waals surface area contributed by atoms with Gasteiger partial charge in [0.1, 0.15) is 0 Å². The van der Waals surface area contributed by atoms with Gasteiger partial charge in [0, 0.05) is 17.8 Å². The van der Waals surface area contributed by atoms with Crippen molar-refractivity contribution in [3.8, 4) is 0 Å². The van der Waals surface area contributed by atoms with E-state index in [-0.39, 0.29) is 6.04 Å². The van der Waals surface area contributed by atoms with Gasteiger partial charge in [-0.25, -0.2) is 4.52 Å². The first-order chi connectivity index (χ1) is 6.86. The Hall–Kier alpha value is -1.39. The van der Waals surface area contributed by atoms with Crippen LogP contribution >= 0.6 is 0 Å². The van der Waals surface area contributed by atoms with E-state index < -0.39 is 0 Å². The lowest BCUT2D eigenvalue weighted by Crippen LogP contribution is -2.27. The quantitative estimate of drug-likeness (QED) is 0.565. The number of hydrazine groups is 1. The molecule has 0 amide bonds. The van der Waals surface area contributed by atoms with Gasteiger partial charge in [-0.2, -0.15) is 5.10 Å². The van der Waals surface area contributed by atoms with Gasteiger partial charge in [0.2, 0.25) is 0 Å². The highest BCUT2D eigenvalue weighted by atomic mass is 15.3. The van der Waals surface area contributed by atoms with Gasteiger partial charge >= 0.3 is 0 Å². The topological polar surface area (TPSA) is 55.3 Å². The highest BCUT2D eigenvalue weighted by Crippen LogP contribution is 2.20. The van der Waals surface area contributed by atoms with Crippen LogP contribution in [0, 0.1) is 0 Å². The van der Waals surface area contributed by atoms with Gasteiger partial charge in [-0.1, -0.05) is 13.0 Å². The van der Waals surface area contributed by atoms with Crippen molar-refractivity contribution in [3.05, 3.63) is 36.2 Å². The molecule has 2 rings (SSSR count). The molecule has 1 atom stereocenters. The Kier molecular flexibility index (Phi) is 2.47. The molecule has 0 saturated carbocycles. The number of nitrogens with one attached hydrogen (secondary N) is 1. The summed E-state index contributed by atoms with van der Waals surface area (Å²) >= 11 is 0. The predicted molar refractivity (Wildman–Crippen MR) is 55.5 cm³/mol. The highest BCUT2D eigenvalue weighted by molar-refractivity contribution is 5.54. The summed E-state index contributed by atoms with van der Waals surface area (Å²) in [6.07, 6.45) is 4.75. The van der Waals surface area contributed by atoms with Crippen LogP contribution < -0.4 is 11.3 Å². The van der Waals surface area contributed by atoms with Gasteiger partial charge < -0.3 is 0 Å². The Labute approximate surface area is 82.7 Å². The first-order valence-electron chi connectivity index (χ1n) is 4.75. The summed E-state index contributed by atoms with van der Waals surface area (Å²) in [7, 11) is 0. The summed E-state index contributed by atoms with van der Waals surface area (Å²) in [4.78, 5) is 0. The maximum Gasteiger partial charge on any atom is 0.0709 e. The normalized spacial score (nSPS) is 13.3. The van der Waals surface area contributed by atoms with Crippen LogP contribution in [0.5, 0.6) is 0 Å². The molecular weight excluding hydrogens is 176 g/mol. The number of hydrogen-bond acceptors (Lipinski definition) is 3. The first-order valence-corrected chi connectivity index (χ1v) is 4.75. The molecule has 3 N–H and O–H groups in total. The summed E-state index contributed by atoms with van der Waals surface area (Å²) in [6, 6.07) is 6.18. The van der Waals surface area contributed by atoms with Crippen molar-refractivity contribution >= 4 is 5.52 Å². The highest BCUT2D eigenvalue weighted by Gasteiger charge is 2.11. The van der Waals surface area contributed by atoms with Gasteiger partial charge in [-0.3, -0.25) is 11.3 Å². The van der Waals surface area contributed by atoms with E-state index in [9.17, 15) is 0 Å². The van der Waals surface area contributed by atoms with Gasteiger partial charge in [0.25, 0.3) is 0 Å². The fraction of sp³-hybridized carbons (Fsp3) is 0.300. The minimum atomic E-state index is 0.176. The van der Waals surface area contributed by atoms with E-state index >= 15 is 0 Å². The average Bonchev–Trinajstić information content (AvgIpc) is 2.65. The number of pyridine rings is 1. The lowest BCUT2D eigenvalue weighted by atomic mass is 10.1. The second-order valence-electron chi connectivity index (χ2n) is 3.26. The Balaban J connectivity index is 2.51. The van der Waals surface area contributed by atoms with Crippen LogP contribution in [0.4, 0.5) is 0 Å². The van der Waals surface area contributed by atoms with Crippen molar-refractivity contribution in [2.75, 3.05) is 0 Å². The summed E-state index contributed by atoms with van der Waals surface area (Å²) in [5.41, 5.74) is 5.05. The van der Waals surface area contributed by atoms with E-state index in [1.807, 2.05) is 35.1 Å². The summed E-state index contributed by atoms with van der Waals surface area (Å²) in [6.45, 7) is 2.09. The van der Waals surface area contributed by atoms with Crippen molar-refractivity contribution in [1.82, 2.24) is 15.0 Å². The zero-order valence-corrected chi connectivity index (χ0v) is 8.14. The van der Waals surface area contributed by atoms with Crippen LogP contribution in [0.3, 0.4) is 0 Å². The van der Waals surface area contributed by atoms with Crippen molar-refractivity contribution < 1.29 is 0 Å². The van der Waals surface area contributed by atoms with Crippen LogP contribution in [0.25, 0.3) is 5.52 Å². The third kappa shape index (κ3) is 1.38. The number of fused-ring (bicyclic) bond motifs is 1. The lowest BCUT2D eigenvalue weighted by molar-refractivity contribution is 0.542. The molecular formula is C10H14N4. The summed E-state index contributed by atoms with van der Waals surface area (Å²) in [5, 5.41) is 4.26. The van der Waals surface area contributed by atoms with Crippen LogP contribution in [0.1, 0.15) is 24.9 Å². The molecule has 0 bridgehead atoms. The minimum Gasteiger partial charge on any atom is -0.271 e. The van der Waals surface area contributed by atoms with Crippen molar-refractivity contribution in [3.63, 3.8) is 0 Å². The number of rotatable bonds is 3. The number of hydrogen-bond donors (Lipinski definition) is 2. The molecule has 0 saturated heterocycles. The van der Waals surface area contributed by atoms with E-state index in [1.54, 1.807) is 0 Å². The molecule has 74 valence electrons. The Morgan fingerprint density at radius 2 is 2.43 bits per heavy atom. The standard InChI is InChI=1S/C10H14N4/c1-2-9(13-11)8-7-12-14-6-4-3-5-10(8)14/h3-7,9,13H,2,11H2,1H3. The molecule has 14 heavy (non-hydrogen) atoms. The molecule has 1 unspecified atom stereocenters. The molecule has 0 aliphatic carbocycles. The molecule has 0 fully saturated rings. The number of aromatic nitrogens is 2. The Bertz CT molecular complexity index is 417. The second kappa shape index (κ2) is 3.77. The van der Waals surface area contributed by atoms with Crippen LogP contribution in [-0.4, -0.2) is 9.61 Å². The molecule has 0 aromatic carbocycles. The van der Waals surface area contributed by atoms with Crippen molar-refractivity contribution in [2.24, 2.45) is 5.84 Å². The monoisotopic (exact) mass is 190 g/mol. The van der Waals surface area contributed by atoms with E-state index in [4.69, 9.17) is 5.84 Å². The molecule has 2 aromatic rings. The molecule has 2 aromatic heterocycles. The molecule has 0 radical (unpaired) electrons. The molecule has 0 spiro atoms. The van der Waals surface area contributed by atoms with Crippen LogP contribution in [-0.2, 0) is 0 Å². The molecule has 0 aliphatic heterocycles. The average molecular weight is 190 g/mol. The van der Waals surface area contributed by atoms with Crippen LogP contribution in [0.15, 0.2) is 30.6 Å². The fourth-order valence-corrected chi connectivity index (χ4v) is 1.65. The second-order valence-corrected chi connectivity index (χ2v) is 3.26. The van der Waals surface area contributed by atoms with E-state index in [2.05, 4.69) is 17.4 Å². The first kappa shape index (κ1) is 9.18. The number of nitrogens with two attached hydrogens (primary N) is 1. The Morgan fingerprint density at radius 3 is 3.14 bits per heavy atom. The smallest absolute Gasteiger partial charge is 0.0709 e. The molecule has 4 heteroatoms. The van der Waals surface area contributed by atoms with E-state index in [0.717, 1.165) is 17.5 Å². The largest absolute Gasteiger partial charge is 0.271 e. The van der Waals surface area contributed by atoms with Gasteiger partial charge in [-0.15, -0.1) is 0 Å². The summed E-state index contributed by atoms with van der Waals surface area (Å²) in [5.74, 6) is 5.48. The van der Waals surface area contributed by atoms with Crippen molar-refractivity contribution in [2.45, 2.75) is 19.4 Å².